The zero-order chi connectivity index (χ0) is 26.7. The van der Waals surface area contributed by atoms with E-state index in [9.17, 15) is 9.59 Å². The second-order valence-electron chi connectivity index (χ2n) is 8.66. The highest BCUT2D eigenvalue weighted by atomic mass is 35.5. The number of rotatable bonds is 7. The summed E-state index contributed by atoms with van der Waals surface area (Å²) in [4.78, 5) is 29.6. The number of nitrogens with zero attached hydrogens (tertiary/aromatic N) is 1. The maximum atomic E-state index is 15.3. The quantitative estimate of drug-likeness (QED) is 0.239. The average Bonchev–Trinajstić information content (AvgIpc) is 3.37. The van der Waals surface area contributed by atoms with Gasteiger partial charge in [-0.25, -0.2) is 9.37 Å². The molecule has 1 aromatic heterocycles. The Morgan fingerprint density at radius 3 is 2.68 bits per heavy atom. The number of aryl methyl sites for hydroxylation is 1. The minimum atomic E-state index is -0.625. The maximum Gasteiger partial charge on any atom is 0.260 e. The number of amides is 2. The van der Waals surface area contributed by atoms with Crippen LogP contribution >= 0.6 is 11.6 Å². The van der Waals surface area contributed by atoms with E-state index in [4.69, 9.17) is 22.1 Å². The minimum absolute atomic E-state index is 0.0182. The van der Waals surface area contributed by atoms with Gasteiger partial charge in [-0.15, -0.1) is 0 Å². The summed E-state index contributed by atoms with van der Waals surface area (Å²) in [5.74, 6) is -1.14. The molecule has 0 aliphatic heterocycles. The van der Waals surface area contributed by atoms with E-state index < -0.39 is 17.6 Å². The monoisotopic (exact) mass is 522 g/mol. The van der Waals surface area contributed by atoms with Crippen LogP contribution in [0, 0.1) is 12.7 Å². The van der Waals surface area contributed by atoms with E-state index in [1.165, 1.54) is 19.2 Å². The van der Waals surface area contributed by atoms with Crippen LogP contribution in [0.4, 0.5) is 10.1 Å². The van der Waals surface area contributed by atoms with Gasteiger partial charge in [-0.2, -0.15) is 0 Å². The number of likely N-dealkylation sites (N-methyl/N-ethyl adjacent to an activating group) is 1. The van der Waals surface area contributed by atoms with E-state index in [1.54, 1.807) is 38.3 Å². The van der Waals surface area contributed by atoms with Crippen molar-refractivity contribution in [2.45, 2.75) is 26.2 Å². The van der Waals surface area contributed by atoms with Crippen LogP contribution < -0.4 is 21.1 Å². The van der Waals surface area contributed by atoms with Crippen LogP contribution in [-0.4, -0.2) is 37.5 Å². The van der Waals surface area contributed by atoms with E-state index >= 15 is 4.39 Å². The summed E-state index contributed by atoms with van der Waals surface area (Å²) < 4.78 is 20.8. The van der Waals surface area contributed by atoms with Crippen LogP contribution in [0.3, 0.4) is 0 Å². The number of ether oxygens (including phenoxy) is 1. The summed E-state index contributed by atoms with van der Waals surface area (Å²) in [5.41, 5.74) is 10.5. The first-order chi connectivity index (χ1) is 17.8. The molecule has 2 aromatic carbocycles. The molecule has 0 spiro atoms. The second-order valence-corrected chi connectivity index (χ2v) is 9.03. The lowest BCUT2D eigenvalue weighted by atomic mass is 9.95. The number of pyridine rings is 1. The van der Waals surface area contributed by atoms with Crippen molar-refractivity contribution < 1.29 is 18.7 Å². The van der Waals surface area contributed by atoms with Crippen LogP contribution in [0.2, 0.25) is 5.02 Å². The van der Waals surface area contributed by atoms with Gasteiger partial charge in [0, 0.05) is 36.0 Å². The lowest BCUT2D eigenvalue weighted by molar-refractivity contribution is -0.121. The molecule has 1 aliphatic rings. The number of methoxy groups -OCH3 is 1. The number of carbonyl (C=O) groups is 2. The van der Waals surface area contributed by atoms with Gasteiger partial charge in [0.05, 0.1) is 17.8 Å². The number of hydrogen-bond donors (Lipinski definition) is 3. The predicted molar refractivity (Wildman–Crippen MR) is 143 cm³/mol. The third-order valence-electron chi connectivity index (χ3n) is 6.50. The Balaban J connectivity index is 1.77. The van der Waals surface area contributed by atoms with Crippen LogP contribution in [0.1, 0.15) is 23.1 Å². The fourth-order valence-electron chi connectivity index (χ4n) is 4.62. The molecule has 0 fully saturated rings. The first-order valence-electron chi connectivity index (χ1n) is 11.9. The Morgan fingerprint density at radius 2 is 1.97 bits per heavy atom. The van der Waals surface area contributed by atoms with Crippen molar-refractivity contribution in [3.05, 3.63) is 75.6 Å². The SMILES string of the molecule is CNC(=O)/C(=C\CN)C(=O)Nc1cccc(-c2c(F)ccc(-c3cc4c(c(OC)n3)CCC4)c2Cl)c1C. The molecule has 3 aromatic rings. The standard InChI is InChI=1S/C28H28ClFN4O3/c1-15-17(7-5-9-22(15)33-27(36)20(12-13-31)26(35)32-2)24-21(30)11-10-19(25(24)29)23-14-16-6-4-8-18(16)28(34-23)37-3/h5,7,9-12,14H,4,6,8,13,31H2,1-3H3,(H,32,35)(H,33,36)/b20-12+. The number of halogens is 2. The number of anilines is 1. The largest absolute Gasteiger partial charge is 0.481 e. The molecular weight excluding hydrogens is 495 g/mol. The highest BCUT2D eigenvalue weighted by Crippen LogP contribution is 2.42. The molecule has 1 heterocycles. The second kappa shape index (κ2) is 11.1. The molecule has 0 unspecified atom stereocenters. The zero-order valence-corrected chi connectivity index (χ0v) is 21.6. The Kier molecular flexibility index (Phi) is 7.90. The number of benzene rings is 2. The lowest BCUT2D eigenvalue weighted by Crippen LogP contribution is -2.29. The van der Waals surface area contributed by atoms with E-state index in [0.29, 0.717) is 34.0 Å². The van der Waals surface area contributed by atoms with Crippen molar-refractivity contribution in [2.75, 3.05) is 26.0 Å². The van der Waals surface area contributed by atoms with Crippen molar-refractivity contribution in [1.29, 1.82) is 0 Å². The molecule has 0 atom stereocenters. The first-order valence-corrected chi connectivity index (χ1v) is 12.3. The van der Waals surface area contributed by atoms with Crippen LogP contribution in [0.15, 0.2) is 48.0 Å². The molecule has 7 nitrogen and oxygen atoms in total. The third-order valence-corrected chi connectivity index (χ3v) is 6.89. The summed E-state index contributed by atoms with van der Waals surface area (Å²) in [6.07, 6.45) is 4.20. The van der Waals surface area contributed by atoms with Gasteiger partial charge < -0.3 is 21.1 Å². The lowest BCUT2D eigenvalue weighted by Gasteiger charge is -2.17. The Bertz CT molecular complexity index is 1420. The maximum absolute atomic E-state index is 15.3. The van der Waals surface area contributed by atoms with Crippen molar-refractivity contribution in [3.63, 3.8) is 0 Å². The highest BCUT2D eigenvalue weighted by molar-refractivity contribution is 6.36. The molecule has 0 saturated carbocycles. The predicted octanol–water partition coefficient (Wildman–Crippen LogP) is 4.58. The number of fused-ring (bicyclic) bond motifs is 1. The van der Waals surface area contributed by atoms with Crippen molar-refractivity contribution in [2.24, 2.45) is 5.73 Å². The van der Waals surface area contributed by atoms with Gasteiger partial charge in [-0.05, 0) is 67.1 Å². The first kappa shape index (κ1) is 26.3. The molecule has 0 saturated heterocycles. The van der Waals surface area contributed by atoms with Crippen molar-refractivity contribution in [3.8, 4) is 28.3 Å². The van der Waals surface area contributed by atoms with E-state index in [1.807, 2.05) is 6.07 Å². The number of nitrogens with two attached hydrogens (primary N) is 1. The Labute approximate surface area is 219 Å². The topological polar surface area (TPSA) is 106 Å². The molecule has 4 rings (SSSR count). The van der Waals surface area contributed by atoms with Gasteiger partial charge >= 0.3 is 0 Å². The van der Waals surface area contributed by atoms with Gasteiger partial charge in [-0.3, -0.25) is 9.59 Å². The number of aromatic nitrogens is 1. The molecule has 1 aliphatic carbocycles. The summed E-state index contributed by atoms with van der Waals surface area (Å²) in [6.45, 7) is 1.76. The van der Waals surface area contributed by atoms with Crippen molar-refractivity contribution >= 4 is 29.1 Å². The van der Waals surface area contributed by atoms with Gasteiger partial charge in [0.15, 0.2) is 0 Å². The Hall–Kier alpha value is -3.75. The summed E-state index contributed by atoms with van der Waals surface area (Å²) in [6, 6.07) is 10.0. The smallest absolute Gasteiger partial charge is 0.260 e. The zero-order valence-electron chi connectivity index (χ0n) is 20.9. The van der Waals surface area contributed by atoms with E-state index in [0.717, 1.165) is 30.4 Å². The summed E-state index contributed by atoms with van der Waals surface area (Å²) >= 11 is 6.83. The van der Waals surface area contributed by atoms with Crippen LogP contribution in [0.25, 0.3) is 22.4 Å². The summed E-state index contributed by atoms with van der Waals surface area (Å²) in [7, 11) is 3.01. The van der Waals surface area contributed by atoms with E-state index in [-0.39, 0.29) is 22.7 Å². The normalized spacial score (nSPS) is 12.8. The molecule has 37 heavy (non-hydrogen) atoms. The van der Waals surface area contributed by atoms with Crippen LogP contribution in [-0.2, 0) is 22.4 Å². The summed E-state index contributed by atoms with van der Waals surface area (Å²) in [5, 5.41) is 5.36. The number of nitrogens with one attached hydrogen (secondary N) is 2. The molecule has 2 amide bonds. The Morgan fingerprint density at radius 1 is 1.19 bits per heavy atom. The average molecular weight is 523 g/mol. The molecule has 192 valence electrons. The van der Waals surface area contributed by atoms with Gasteiger partial charge in [0.1, 0.15) is 11.4 Å². The van der Waals surface area contributed by atoms with Crippen molar-refractivity contribution in [1.82, 2.24) is 10.3 Å². The molecule has 0 radical (unpaired) electrons. The molecule has 9 heteroatoms. The highest BCUT2D eigenvalue weighted by Gasteiger charge is 2.23. The van der Waals surface area contributed by atoms with Gasteiger partial charge in [-0.1, -0.05) is 29.8 Å². The van der Waals surface area contributed by atoms with Crippen LogP contribution in [0.5, 0.6) is 5.88 Å². The number of hydrogen-bond acceptors (Lipinski definition) is 5. The molecule has 0 bridgehead atoms. The fourth-order valence-corrected chi connectivity index (χ4v) is 4.97. The third kappa shape index (κ3) is 5.08. The van der Waals surface area contributed by atoms with Gasteiger partial charge in [0.2, 0.25) is 5.88 Å². The van der Waals surface area contributed by atoms with E-state index in [2.05, 4.69) is 15.6 Å². The number of carbonyl (C=O) groups excluding carboxylic acids is 2. The molecule has 4 N–H and O–H groups in total. The minimum Gasteiger partial charge on any atom is -0.481 e. The molecular formula is C28H28ClFN4O3. The fraction of sp³-hybridized carbons (Fsp3) is 0.250. The van der Waals surface area contributed by atoms with Gasteiger partial charge in [0.25, 0.3) is 11.8 Å².